The lowest BCUT2D eigenvalue weighted by Crippen LogP contribution is -2.15. The number of ether oxygens (including phenoxy) is 2. The maximum Gasteiger partial charge on any atom is 0.167 e. The molecular weight excluding hydrogens is 220 g/mol. The van der Waals surface area contributed by atoms with Gasteiger partial charge in [0.15, 0.2) is 17.8 Å². The van der Waals surface area contributed by atoms with Gasteiger partial charge in [-0.3, -0.25) is 4.79 Å². The molecule has 0 saturated carbocycles. The van der Waals surface area contributed by atoms with Gasteiger partial charge >= 0.3 is 0 Å². The summed E-state index contributed by atoms with van der Waals surface area (Å²) in [5.41, 5.74) is 1.32. The fourth-order valence-corrected chi connectivity index (χ4v) is 1.73. The van der Waals surface area contributed by atoms with Gasteiger partial charge in [-0.25, -0.2) is 4.98 Å². The van der Waals surface area contributed by atoms with Crippen molar-refractivity contribution in [2.45, 2.75) is 0 Å². The first-order chi connectivity index (χ1) is 8.36. The smallest absolute Gasteiger partial charge is 0.167 e. The summed E-state index contributed by atoms with van der Waals surface area (Å²) in [4.78, 5) is 17.6. The maximum absolute atomic E-state index is 10.6. The summed E-state index contributed by atoms with van der Waals surface area (Å²) in [7, 11) is 0. The van der Waals surface area contributed by atoms with Crippen molar-refractivity contribution in [1.29, 1.82) is 0 Å². The van der Waals surface area contributed by atoms with Gasteiger partial charge in [-0.1, -0.05) is 0 Å². The van der Waals surface area contributed by atoms with Gasteiger partial charge in [0, 0.05) is 5.56 Å². The quantitative estimate of drug-likeness (QED) is 0.797. The number of H-pyrrole nitrogens is 1. The van der Waals surface area contributed by atoms with Crippen molar-refractivity contribution in [3.8, 4) is 22.9 Å². The number of carbonyl (C=O) groups is 1. The van der Waals surface area contributed by atoms with Crippen LogP contribution in [0.2, 0.25) is 0 Å². The van der Waals surface area contributed by atoms with Crippen LogP contribution in [-0.4, -0.2) is 29.5 Å². The van der Waals surface area contributed by atoms with Crippen LogP contribution in [0.1, 0.15) is 10.5 Å². The third kappa shape index (κ3) is 1.75. The summed E-state index contributed by atoms with van der Waals surface area (Å²) < 4.78 is 10.9. The van der Waals surface area contributed by atoms with Gasteiger partial charge in [-0.05, 0) is 18.2 Å². The number of hydrogen-bond donors (Lipinski definition) is 1. The van der Waals surface area contributed by atoms with Gasteiger partial charge in [0.05, 0.1) is 11.9 Å². The molecular formula is C12H10N2O3. The van der Waals surface area contributed by atoms with Gasteiger partial charge in [-0.2, -0.15) is 0 Å². The first-order valence-corrected chi connectivity index (χ1v) is 5.27. The van der Waals surface area contributed by atoms with Gasteiger partial charge < -0.3 is 14.5 Å². The number of imidazole rings is 1. The second kappa shape index (κ2) is 3.93. The average molecular weight is 230 g/mol. The minimum absolute atomic E-state index is 0.454. The Kier molecular flexibility index (Phi) is 2.29. The molecule has 0 atom stereocenters. The van der Waals surface area contributed by atoms with Crippen LogP contribution in [0.15, 0.2) is 24.4 Å². The first kappa shape index (κ1) is 9.89. The fraction of sp³-hybridized carbons (Fsp3) is 0.167. The van der Waals surface area contributed by atoms with Crippen molar-refractivity contribution in [2.24, 2.45) is 0 Å². The van der Waals surface area contributed by atoms with Crippen LogP contribution >= 0.6 is 0 Å². The summed E-state index contributed by atoms with van der Waals surface area (Å²) in [6, 6.07) is 5.57. The van der Waals surface area contributed by atoms with Crippen molar-refractivity contribution in [1.82, 2.24) is 9.97 Å². The SMILES string of the molecule is O=Cc1cnc(-c2ccc3c(c2)OCCO3)[nH]1. The van der Waals surface area contributed by atoms with E-state index in [0.29, 0.717) is 30.5 Å². The predicted octanol–water partition coefficient (Wildman–Crippen LogP) is 1.66. The van der Waals surface area contributed by atoms with Crippen LogP contribution in [0.3, 0.4) is 0 Å². The molecule has 0 radical (unpaired) electrons. The van der Waals surface area contributed by atoms with Crippen molar-refractivity contribution in [2.75, 3.05) is 13.2 Å². The molecule has 1 aliphatic rings. The molecule has 0 spiro atoms. The van der Waals surface area contributed by atoms with E-state index in [1.807, 2.05) is 18.2 Å². The Hall–Kier alpha value is -2.30. The average Bonchev–Trinajstić information content (AvgIpc) is 2.87. The molecule has 1 aliphatic heterocycles. The highest BCUT2D eigenvalue weighted by molar-refractivity contribution is 5.73. The third-order valence-electron chi connectivity index (χ3n) is 2.54. The zero-order valence-electron chi connectivity index (χ0n) is 8.97. The molecule has 1 aromatic carbocycles. The summed E-state index contributed by atoms with van der Waals surface area (Å²) in [5, 5.41) is 0. The number of aromatic nitrogens is 2. The predicted molar refractivity (Wildman–Crippen MR) is 60.4 cm³/mol. The molecule has 0 aliphatic carbocycles. The number of nitrogens with one attached hydrogen (secondary N) is 1. The lowest BCUT2D eigenvalue weighted by atomic mass is 10.2. The highest BCUT2D eigenvalue weighted by Crippen LogP contribution is 2.33. The van der Waals surface area contributed by atoms with E-state index in [1.54, 1.807) is 0 Å². The van der Waals surface area contributed by atoms with Crippen LogP contribution in [0.5, 0.6) is 11.5 Å². The molecule has 3 rings (SSSR count). The number of nitrogens with zero attached hydrogens (tertiary/aromatic N) is 1. The molecule has 1 N–H and O–H groups in total. The van der Waals surface area contributed by atoms with E-state index in [2.05, 4.69) is 9.97 Å². The highest BCUT2D eigenvalue weighted by atomic mass is 16.6. The largest absolute Gasteiger partial charge is 0.486 e. The summed E-state index contributed by atoms with van der Waals surface area (Å²) in [6.45, 7) is 1.12. The molecule has 17 heavy (non-hydrogen) atoms. The second-order valence-corrected chi connectivity index (χ2v) is 3.66. The van der Waals surface area contributed by atoms with Crippen molar-refractivity contribution in [3.05, 3.63) is 30.1 Å². The molecule has 0 bridgehead atoms. The minimum Gasteiger partial charge on any atom is -0.486 e. The number of aromatic amines is 1. The molecule has 0 unspecified atom stereocenters. The minimum atomic E-state index is 0.454. The molecule has 1 aromatic heterocycles. The van der Waals surface area contributed by atoms with E-state index in [4.69, 9.17) is 9.47 Å². The highest BCUT2D eigenvalue weighted by Gasteiger charge is 2.13. The summed E-state index contributed by atoms with van der Waals surface area (Å²) in [5.74, 6) is 2.09. The number of aldehydes is 1. The Morgan fingerprint density at radius 2 is 2.06 bits per heavy atom. The number of hydrogen-bond acceptors (Lipinski definition) is 4. The van der Waals surface area contributed by atoms with E-state index in [-0.39, 0.29) is 0 Å². The maximum atomic E-state index is 10.6. The van der Waals surface area contributed by atoms with Gasteiger partial charge in [0.1, 0.15) is 19.0 Å². The normalized spacial score (nSPS) is 13.4. The van der Waals surface area contributed by atoms with Crippen molar-refractivity contribution < 1.29 is 14.3 Å². The third-order valence-corrected chi connectivity index (χ3v) is 2.54. The van der Waals surface area contributed by atoms with E-state index in [0.717, 1.165) is 17.6 Å². The number of rotatable bonds is 2. The second-order valence-electron chi connectivity index (χ2n) is 3.66. The molecule has 5 heteroatoms. The monoisotopic (exact) mass is 230 g/mol. The Balaban J connectivity index is 2.00. The first-order valence-electron chi connectivity index (χ1n) is 5.27. The van der Waals surface area contributed by atoms with Crippen molar-refractivity contribution in [3.63, 3.8) is 0 Å². The Morgan fingerprint density at radius 1 is 1.24 bits per heavy atom. The van der Waals surface area contributed by atoms with Gasteiger partial charge in [0.25, 0.3) is 0 Å². The molecule has 5 nitrogen and oxygen atoms in total. The zero-order valence-corrected chi connectivity index (χ0v) is 8.97. The van der Waals surface area contributed by atoms with E-state index >= 15 is 0 Å². The van der Waals surface area contributed by atoms with Gasteiger partial charge in [0.2, 0.25) is 0 Å². The number of fused-ring (bicyclic) bond motifs is 1. The van der Waals surface area contributed by atoms with E-state index in [9.17, 15) is 4.79 Å². The topological polar surface area (TPSA) is 64.2 Å². The summed E-state index contributed by atoms with van der Waals surface area (Å²) in [6.07, 6.45) is 2.23. The molecule has 2 heterocycles. The molecule has 2 aromatic rings. The number of benzene rings is 1. The van der Waals surface area contributed by atoms with Crippen LogP contribution in [0.4, 0.5) is 0 Å². The summed E-state index contributed by atoms with van der Waals surface area (Å²) >= 11 is 0. The van der Waals surface area contributed by atoms with Crippen LogP contribution in [0.25, 0.3) is 11.4 Å². The van der Waals surface area contributed by atoms with Crippen molar-refractivity contribution >= 4 is 6.29 Å². The van der Waals surface area contributed by atoms with Crippen LogP contribution < -0.4 is 9.47 Å². The molecule has 86 valence electrons. The standard InChI is InChI=1S/C12H10N2O3/c15-7-9-6-13-12(14-9)8-1-2-10-11(5-8)17-4-3-16-10/h1-2,5-7H,3-4H2,(H,13,14). The Labute approximate surface area is 97.4 Å². The lowest BCUT2D eigenvalue weighted by molar-refractivity contribution is 0.111. The lowest BCUT2D eigenvalue weighted by Gasteiger charge is -2.18. The fourth-order valence-electron chi connectivity index (χ4n) is 1.73. The Morgan fingerprint density at radius 3 is 2.82 bits per heavy atom. The number of carbonyl (C=O) groups excluding carboxylic acids is 1. The van der Waals surface area contributed by atoms with Gasteiger partial charge in [-0.15, -0.1) is 0 Å². The molecule has 0 fully saturated rings. The van der Waals surface area contributed by atoms with E-state index < -0.39 is 0 Å². The zero-order chi connectivity index (χ0) is 11.7. The molecule has 0 saturated heterocycles. The molecule has 0 amide bonds. The van der Waals surface area contributed by atoms with E-state index in [1.165, 1.54) is 6.20 Å². The van der Waals surface area contributed by atoms with Crippen LogP contribution in [-0.2, 0) is 0 Å². The Bertz CT molecular complexity index is 563. The van der Waals surface area contributed by atoms with Crippen LogP contribution in [0, 0.1) is 0 Å².